The number of rotatable bonds is 5. The van der Waals surface area contributed by atoms with Crippen molar-refractivity contribution in [1.29, 1.82) is 0 Å². The smallest absolute Gasteiger partial charge is 1.00 e. The van der Waals surface area contributed by atoms with E-state index in [1.54, 1.807) is 17.2 Å². The molecule has 0 spiro atoms. The van der Waals surface area contributed by atoms with Gasteiger partial charge in [0.15, 0.2) is 0 Å². The van der Waals surface area contributed by atoms with E-state index in [-0.39, 0.29) is 24.8 Å². The normalized spacial score (nSPS) is 16.5. The maximum Gasteiger partial charge on any atom is -1.00 e. The van der Waals surface area contributed by atoms with Gasteiger partial charge in [0.2, 0.25) is 0 Å². The molecule has 192 valence electrons. The van der Waals surface area contributed by atoms with Crippen LogP contribution in [0.1, 0.15) is 50.7 Å². The van der Waals surface area contributed by atoms with Crippen molar-refractivity contribution in [3.63, 3.8) is 0 Å². The van der Waals surface area contributed by atoms with Crippen molar-refractivity contribution in [1.82, 2.24) is 0 Å². The molecule has 6 rings (SSSR count). The molecule has 0 heterocycles. The molecule has 2 atom stereocenters. The second-order valence-electron chi connectivity index (χ2n) is 10.1. The minimum absolute atomic E-state index is 0. The molecule has 0 bridgehead atoms. The molecule has 2 unspecified atom stereocenters. The third-order valence-corrected chi connectivity index (χ3v) is 17.8. The second kappa shape index (κ2) is 12.2. The topological polar surface area (TPSA) is 0 Å². The Balaban J connectivity index is 0.00000168. The molecule has 4 aromatic carbocycles. The Hall–Kier alpha value is -1.12. The van der Waals surface area contributed by atoms with Gasteiger partial charge in [0.1, 0.15) is 0 Å². The standard InChI is InChI=1S/C30H21Cl2.C2H7Si.2ClH.Zr/c1-2-18-15-28-24(20-13-21(31)17-22(32)14-20)9-5-11-26(28)30(18)27-12-6-10-25-23-8-4-3-7-19(23)16-29(25)27;1-3-2;;;/h3-17,30H,2H2,1H3;3H,1-2H3;2*1H;/q;;;;+2/p-2. The van der Waals surface area contributed by atoms with Crippen LogP contribution < -0.4 is 24.8 Å². The molecule has 0 radical (unpaired) electrons. The third-order valence-electron chi connectivity index (χ3n) is 7.53. The summed E-state index contributed by atoms with van der Waals surface area (Å²) in [6, 6.07) is 28.9. The summed E-state index contributed by atoms with van der Waals surface area (Å²) < 4.78 is 0.666. The van der Waals surface area contributed by atoms with E-state index in [0.717, 1.165) is 12.0 Å². The predicted molar refractivity (Wildman–Crippen MR) is 155 cm³/mol. The Morgan fingerprint density at radius 2 is 1.34 bits per heavy atom. The summed E-state index contributed by atoms with van der Waals surface area (Å²) in [5, 5.41) is 1.35. The zero-order valence-corrected chi connectivity index (χ0v) is 28.2. The summed E-state index contributed by atoms with van der Waals surface area (Å²) in [5.74, 6) is -0.309. The molecule has 0 aromatic heterocycles. The van der Waals surface area contributed by atoms with Gasteiger partial charge >= 0.3 is 238 Å². The van der Waals surface area contributed by atoms with Crippen molar-refractivity contribution in [3.05, 3.63) is 122 Å². The van der Waals surface area contributed by atoms with E-state index in [2.05, 4.69) is 86.8 Å². The van der Waals surface area contributed by atoms with E-state index in [9.17, 15) is 0 Å². The zero-order valence-electron chi connectivity index (χ0n) is 21.5. The summed E-state index contributed by atoms with van der Waals surface area (Å²) in [6.07, 6.45) is 3.48. The van der Waals surface area contributed by atoms with Gasteiger partial charge in [0.25, 0.3) is 0 Å². The molecule has 0 aliphatic heterocycles. The first-order valence-electron chi connectivity index (χ1n) is 12.7. The number of allylic oxidation sites excluding steroid dienone is 1. The number of fused-ring (bicyclic) bond motifs is 4. The average molecular weight is 674 g/mol. The molecule has 0 N–H and O–H groups in total. The SMILES string of the molecule is CCC1=Cc2c(-c3cc(Cl)cc(Cl)c3)cccc2C1c1cccc2c1[CH]([Zr+2][SiH](C)C)c1ccccc1-2.[Cl-].[Cl-]. The van der Waals surface area contributed by atoms with Gasteiger partial charge in [-0.25, -0.2) is 0 Å². The van der Waals surface area contributed by atoms with Crippen molar-refractivity contribution >= 4 is 35.2 Å². The maximum absolute atomic E-state index is 6.41. The average Bonchev–Trinajstić information content (AvgIpc) is 3.39. The Kier molecular flexibility index (Phi) is 9.56. The summed E-state index contributed by atoms with van der Waals surface area (Å²) in [5.41, 5.74) is 14.2. The van der Waals surface area contributed by atoms with Crippen LogP contribution in [0.15, 0.2) is 84.4 Å². The van der Waals surface area contributed by atoms with Crippen LogP contribution in [0.25, 0.3) is 28.3 Å². The van der Waals surface area contributed by atoms with Crippen LogP contribution >= 0.6 is 23.2 Å². The van der Waals surface area contributed by atoms with Crippen molar-refractivity contribution < 1.29 is 47.2 Å². The summed E-state index contributed by atoms with van der Waals surface area (Å²) in [7, 11) is 0. The Labute approximate surface area is 260 Å². The minimum Gasteiger partial charge on any atom is -1.00 e. The molecule has 0 fully saturated rings. The van der Waals surface area contributed by atoms with E-state index in [1.165, 1.54) is 39.0 Å². The largest absolute Gasteiger partial charge is 1.00 e. The fourth-order valence-electron chi connectivity index (χ4n) is 6.15. The molecule has 0 saturated heterocycles. The van der Waals surface area contributed by atoms with Crippen LogP contribution in [0, 0.1) is 0 Å². The van der Waals surface area contributed by atoms with Gasteiger partial charge in [0.05, 0.1) is 0 Å². The first-order chi connectivity index (χ1) is 17.5. The monoisotopic (exact) mass is 670 g/mol. The Morgan fingerprint density at radius 3 is 2.03 bits per heavy atom. The van der Waals surface area contributed by atoms with Crippen LogP contribution in [0.4, 0.5) is 0 Å². The minimum atomic E-state index is -0.615. The molecule has 38 heavy (non-hydrogen) atoms. The number of halogens is 4. The van der Waals surface area contributed by atoms with Crippen LogP contribution in [-0.4, -0.2) is 5.92 Å². The molecule has 0 amide bonds. The molecule has 0 nitrogen and oxygen atoms in total. The summed E-state index contributed by atoms with van der Waals surface area (Å²) >= 11 is 12.3. The molecular weight excluding hydrogens is 645 g/mol. The quantitative estimate of drug-likeness (QED) is 0.284. The molecule has 4 aromatic rings. The van der Waals surface area contributed by atoms with Gasteiger partial charge in [-0.2, -0.15) is 0 Å². The van der Waals surface area contributed by atoms with Crippen molar-refractivity contribution in [2.24, 2.45) is 0 Å². The number of hydrogen-bond acceptors (Lipinski definition) is 0. The van der Waals surface area contributed by atoms with Crippen LogP contribution in [0.3, 0.4) is 0 Å². The van der Waals surface area contributed by atoms with Crippen molar-refractivity contribution in [2.45, 2.75) is 36.0 Å². The summed E-state index contributed by atoms with van der Waals surface area (Å²) in [6.45, 7) is 7.41. The summed E-state index contributed by atoms with van der Waals surface area (Å²) in [4.78, 5) is 0. The maximum atomic E-state index is 6.41. The van der Waals surface area contributed by atoms with Gasteiger partial charge < -0.3 is 24.8 Å². The Morgan fingerprint density at radius 1 is 0.737 bits per heavy atom. The number of hydrogen-bond donors (Lipinski definition) is 0. The first kappa shape index (κ1) is 29.9. The molecule has 0 saturated carbocycles. The van der Waals surface area contributed by atoms with E-state index < -0.39 is 28.3 Å². The van der Waals surface area contributed by atoms with E-state index in [4.69, 9.17) is 23.2 Å². The van der Waals surface area contributed by atoms with E-state index in [1.807, 2.05) is 12.1 Å². The fraction of sp³-hybridized carbons (Fsp3) is 0.188. The van der Waals surface area contributed by atoms with Crippen molar-refractivity contribution in [3.8, 4) is 22.3 Å². The molecular formula is C32H28Cl4SiZr. The van der Waals surface area contributed by atoms with Crippen LogP contribution in [-0.2, 0) is 22.4 Å². The van der Waals surface area contributed by atoms with Crippen LogP contribution in [0.5, 0.6) is 0 Å². The second-order valence-corrected chi connectivity index (χ2v) is 26.0. The zero-order chi connectivity index (χ0) is 25.0. The van der Waals surface area contributed by atoms with E-state index >= 15 is 0 Å². The van der Waals surface area contributed by atoms with E-state index in [0.29, 0.717) is 19.6 Å². The van der Waals surface area contributed by atoms with Crippen molar-refractivity contribution in [2.75, 3.05) is 0 Å². The van der Waals surface area contributed by atoms with Gasteiger partial charge in [0, 0.05) is 0 Å². The first-order valence-corrected chi connectivity index (χ1v) is 22.1. The molecule has 6 heteroatoms. The fourth-order valence-corrected chi connectivity index (χ4v) is 16.6. The number of benzene rings is 4. The van der Waals surface area contributed by atoms with Gasteiger partial charge in [-0.15, -0.1) is 0 Å². The Bertz CT molecular complexity index is 1510. The van der Waals surface area contributed by atoms with Gasteiger partial charge in [-0.3, -0.25) is 0 Å². The predicted octanol–water partition coefficient (Wildman–Crippen LogP) is 3.74. The molecule has 2 aliphatic rings. The van der Waals surface area contributed by atoms with Gasteiger partial charge in [-0.05, 0) is 0 Å². The van der Waals surface area contributed by atoms with Gasteiger partial charge in [-0.1, -0.05) is 0 Å². The third kappa shape index (κ3) is 5.18. The van der Waals surface area contributed by atoms with Crippen LogP contribution in [0.2, 0.25) is 23.1 Å². The molecule has 2 aliphatic carbocycles.